The van der Waals surface area contributed by atoms with Crippen molar-refractivity contribution in [3.63, 3.8) is 0 Å². The van der Waals surface area contributed by atoms with E-state index >= 15 is 0 Å². The van der Waals surface area contributed by atoms with Crippen molar-refractivity contribution in [2.24, 2.45) is 5.73 Å². The molecule has 0 spiro atoms. The van der Waals surface area contributed by atoms with Gasteiger partial charge < -0.3 is 5.73 Å². The Hall–Kier alpha value is -1.08. The summed E-state index contributed by atoms with van der Waals surface area (Å²) in [5, 5.41) is 0. The Kier molecular flexibility index (Phi) is 3.71. The maximum atomic E-state index is 5.91. The van der Waals surface area contributed by atoms with E-state index in [1.165, 1.54) is 11.1 Å². The fourth-order valence-electron chi connectivity index (χ4n) is 1.48. The predicted octanol–water partition coefficient (Wildman–Crippen LogP) is 2.82. The van der Waals surface area contributed by atoms with Crippen LogP contribution in [0.4, 0.5) is 0 Å². The third-order valence-corrected chi connectivity index (χ3v) is 2.19. The zero-order valence-corrected chi connectivity index (χ0v) is 8.16. The zero-order valence-electron chi connectivity index (χ0n) is 8.16. The van der Waals surface area contributed by atoms with E-state index in [-0.39, 0.29) is 6.04 Å². The summed E-state index contributed by atoms with van der Waals surface area (Å²) in [5.74, 6) is 0. The molecular weight excluding hydrogens is 158 g/mol. The highest BCUT2D eigenvalue weighted by molar-refractivity contribution is 5.31. The minimum absolute atomic E-state index is 0.0252. The van der Waals surface area contributed by atoms with E-state index in [1.54, 1.807) is 6.08 Å². The van der Waals surface area contributed by atoms with Gasteiger partial charge in [0.05, 0.1) is 0 Å². The molecule has 1 rings (SSSR count). The third-order valence-electron chi connectivity index (χ3n) is 2.19. The van der Waals surface area contributed by atoms with Crippen molar-refractivity contribution in [1.82, 2.24) is 0 Å². The van der Waals surface area contributed by atoms with E-state index in [4.69, 9.17) is 5.73 Å². The van der Waals surface area contributed by atoms with Crippen molar-refractivity contribution in [3.8, 4) is 0 Å². The number of hydrogen-bond donors (Lipinski definition) is 1. The van der Waals surface area contributed by atoms with Crippen molar-refractivity contribution in [1.29, 1.82) is 0 Å². The molecule has 0 radical (unpaired) electrons. The molecule has 13 heavy (non-hydrogen) atoms. The lowest BCUT2D eigenvalue weighted by molar-refractivity contribution is 0.848. The Morgan fingerprint density at radius 2 is 2.15 bits per heavy atom. The third kappa shape index (κ3) is 2.43. The van der Waals surface area contributed by atoms with E-state index in [2.05, 4.69) is 31.7 Å². The van der Waals surface area contributed by atoms with Crippen LogP contribution in [-0.2, 0) is 6.42 Å². The van der Waals surface area contributed by atoms with Gasteiger partial charge in [0.15, 0.2) is 0 Å². The smallest absolute Gasteiger partial charge is 0.0481 e. The van der Waals surface area contributed by atoms with Crippen LogP contribution in [-0.4, -0.2) is 0 Å². The van der Waals surface area contributed by atoms with Gasteiger partial charge >= 0.3 is 0 Å². The summed E-state index contributed by atoms with van der Waals surface area (Å²) < 4.78 is 0. The largest absolute Gasteiger partial charge is 0.321 e. The molecule has 0 aromatic heterocycles. The average molecular weight is 175 g/mol. The predicted molar refractivity (Wildman–Crippen MR) is 57.6 cm³/mol. The molecule has 1 atom stereocenters. The normalized spacial score (nSPS) is 12.5. The molecule has 1 aromatic carbocycles. The number of aryl methyl sites for hydroxylation is 1. The van der Waals surface area contributed by atoms with Gasteiger partial charge in [-0.15, -0.1) is 6.58 Å². The highest BCUT2D eigenvalue weighted by atomic mass is 14.6. The second-order valence-corrected chi connectivity index (χ2v) is 3.21. The lowest BCUT2D eigenvalue weighted by Crippen LogP contribution is -2.09. The highest BCUT2D eigenvalue weighted by Crippen LogP contribution is 2.17. The Labute approximate surface area is 80.3 Å². The Balaban J connectivity index is 2.96. The fraction of sp³-hybridized carbons (Fsp3) is 0.333. The molecule has 0 aliphatic carbocycles. The molecular formula is C12H17N. The summed E-state index contributed by atoms with van der Waals surface area (Å²) in [5.41, 5.74) is 8.46. The molecule has 0 amide bonds. The zero-order chi connectivity index (χ0) is 9.68. The summed E-state index contributed by atoms with van der Waals surface area (Å²) in [6.45, 7) is 5.89. The number of rotatable bonds is 4. The SMILES string of the molecule is C=C[C@H](N)c1ccccc1CCC. The lowest BCUT2D eigenvalue weighted by Gasteiger charge is -2.12. The monoisotopic (exact) mass is 175 g/mol. The summed E-state index contributed by atoms with van der Waals surface area (Å²) in [7, 11) is 0. The van der Waals surface area contributed by atoms with Gasteiger partial charge in [0.25, 0.3) is 0 Å². The van der Waals surface area contributed by atoms with E-state index < -0.39 is 0 Å². The van der Waals surface area contributed by atoms with E-state index in [9.17, 15) is 0 Å². The van der Waals surface area contributed by atoms with Gasteiger partial charge in [-0.05, 0) is 17.5 Å². The van der Waals surface area contributed by atoms with Crippen LogP contribution in [0.1, 0.15) is 30.5 Å². The first-order chi connectivity index (χ1) is 6.29. The molecule has 1 aromatic rings. The molecule has 0 heterocycles. The van der Waals surface area contributed by atoms with Crippen LogP contribution >= 0.6 is 0 Å². The van der Waals surface area contributed by atoms with Crippen LogP contribution in [0.5, 0.6) is 0 Å². The second-order valence-electron chi connectivity index (χ2n) is 3.21. The molecule has 1 heteroatoms. The van der Waals surface area contributed by atoms with Crippen molar-refractivity contribution in [2.75, 3.05) is 0 Å². The molecule has 70 valence electrons. The Morgan fingerprint density at radius 1 is 1.46 bits per heavy atom. The van der Waals surface area contributed by atoms with Gasteiger partial charge in [0.2, 0.25) is 0 Å². The van der Waals surface area contributed by atoms with Crippen LogP contribution in [0.3, 0.4) is 0 Å². The molecule has 0 aliphatic heterocycles. The number of nitrogens with two attached hydrogens (primary N) is 1. The lowest BCUT2D eigenvalue weighted by atomic mass is 9.98. The molecule has 0 fully saturated rings. The fourth-order valence-corrected chi connectivity index (χ4v) is 1.48. The summed E-state index contributed by atoms with van der Waals surface area (Å²) in [6.07, 6.45) is 4.03. The van der Waals surface area contributed by atoms with E-state index in [0.29, 0.717) is 0 Å². The molecule has 0 bridgehead atoms. The number of benzene rings is 1. The summed E-state index contributed by atoms with van der Waals surface area (Å²) in [6, 6.07) is 8.28. The second kappa shape index (κ2) is 4.83. The topological polar surface area (TPSA) is 26.0 Å². The molecule has 1 nitrogen and oxygen atoms in total. The van der Waals surface area contributed by atoms with Gasteiger partial charge in [-0.3, -0.25) is 0 Å². The quantitative estimate of drug-likeness (QED) is 0.700. The maximum absolute atomic E-state index is 5.91. The van der Waals surface area contributed by atoms with Gasteiger partial charge in [0, 0.05) is 6.04 Å². The van der Waals surface area contributed by atoms with Crippen LogP contribution in [0, 0.1) is 0 Å². The van der Waals surface area contributed by atoms with Crippen LogP contribution in [0.15, 0.2) is 36.9 Å². The van der Waals surface area contributed by atoms with Gasteiger partial charge in [-0.25, -0.2) is 0 Å². The molecule has 0 saturated carbocycles. The molecule has 0 saturated heterocycles. The summed E-state index contributed by atoms with van der Waals surface area (Å²) in [4.78, 5) is 0. The maximum Gasteiger partial charge on any atom is 0.0481 e. The van der Waals surface area contributed by atoms with Crippen LogP contribution in [0.2, 0.25) is 0 Å². The van der Waals surface area contributed by atoms with Crippen molar-refractivity contribution in [3.05, 3.63) is 48.0 Å². The first kappa shape index (κ1) is 10.0. The van der Waals surface area contributed by atoms with E-state index in [0.717, 1.165) is 12.8 Å². The highest BCUT2D eigenvalue weighted by Gasteiger charge is 2.05. The molecule has 2 N–H and O–H groups in total. The Morgan fingerprint density at radius 3 is 2.77 bits per heavy atom. The van der Waals surface area contributed by atoms with Gasteiger partial charge in [-0.2, -0.15) is 0 Å². The standard InChI is InChI=1S/C12H17N/c1-3-7-10-8-5-6-9-11(10)12(13)4-2/h4-6,8-9,12H,2-3,7,13H2,1H3/t12-/m0/s1. The van der Waals surface area contributed by atoms with Crippen molar-refractivity contribution < 1.29 is 0 Å². The van der Waals surface area contributed by atoms with Gasteiger partial charge in [0.1, 0.15) is 0 Å². The van der Waals surface area contributed by atoms with Crippen molar-refractivity contribution >= 4 is 0 Å². The summed E-state index contributed by atoms with van der Waals surface area (Å²) >= 11 is 0. The van der Waals surface area contributed by atoms with Crippen molar-refractivity contribution in [2.45, 2.75) is 25.8 Å². The molecule has 0 aliphatic rings. The van der Waals surface area contributed by atoms with Crippen LogP contribution < -0.4 is 5.73 Å². The first-order valence-electron chi connectivity index (χ1n) is 4.75. The van der Waals surface area contributed by atoms with Crippen LogP contribution in [0.25, 0.3) is 0 Å². The average Bonchev–Trinajstić information content (AvgIpc) is 2.18. The molecule has 0 unspecified atom stereocenters. The van der Waals surface area contributed by atoms with Gasteiger partial charge in [-0.1, -0.05) is 43.7 Å². The number of hydrogen-bond acceptors (Lipinski definition) is 1. The Bertz CT molecular complexity index is 278. The minimum atomic E-state index is -0.0252. The first-order valence-corrected chi connectivity index (χ1v) is 4.75. The van der Waals surface area contributed by atoms with E-state index in [1.807, 2.05) is 6.07 Å². The minimum Gasteiger partial charge on any atom is -0.321 e.